The molecule has 78 valence electrons. The summed E-state index contributed by atoms with van der Waals surface area (Å²) in [4.78, 5) is 0. The van der Waals surface area contributed by atoms with Crippen LogP contribution in [0.15, 0.2) is 0 Å². The fourth-order valence-electron chi connectivity index (χ4n) is 2.22. The van der Waals surface area contributed by atoms with Crippen molar-refractivity contribution in [1.29, 1.82) is 0 Å². The molecule has 0 unspecified atom stereocenters. The molecule has 2 heteroatoms. The molecule has 13 heavy (non-hydrogen) atoms. The first kappa shape index (κ1) is 11.0. The SMILES string of the molecule is CC(C)N[C@H]1CCC[C@@H]1NC(C)C. The molecular weight excluding hydrogens is 160 g/mol. The van der Waals surface area contributed by atoms with Crippen molar-refractivity contribution in [2.75, 3.05) is 0 Å². The highest BCUT2D eigenvalue weighted by atomic mass is 15.1. The fourth-order valence-corrected chi connectivity index (χ4v) is 2.22. The Morgan fingerprint density at radius 3 is 1.54 bits per heavy atom. The van der Waals surface area contributed by atoms with Gasteiger partial charge in [0.15, 0.2) is 0 Å². The molecule has 1 fully saturated rings. The van der Waals surface area contributed by atoms with Crippen LogP contribution in [-0.4, -0.2) is 24.2 Å². The highest BCUT2D eigenvalue weighted by Crippen LogP contribution is 2.19. The van der Waals surface area contributed by atoms with Crippen LogP contribution in [0.4, 0.5) is 0 Å². The lowest BCUT2D eigenvalue weighted by Crippen LogP contribution is -2.48. The van der Waals surface area contributed by atoms with Gasteiger partial charge in [-0.05, 0) is 12.8 Å². The third-order valence-corrected chi connectivity index (χ3v) is 2.61. The zero-order valence-corrected chi connectivity index (χ0v) is 9.43. The normalized spacial score (nSPS) is 29.1. The van der Waals surface area contributed by atoms with Crippen molar-refractivity contribution >= 4 is 0 Å². The Hall–Kier alpha value is -0.0800. The van der Waals surface area contributed by atoms with Crippen LogP contribution in [0.3, 0.4) is 0 Å². The molecule has 0 aromatic heterocycles. The molecule has 0 amide bonds. The molecule has 0 spiro atoms. The Morgan fingerprint density at radius 1 is 0.846 bits per heavy atom. The zero-order valence-electron chi connectivity index (χ0n) is 9.43. The van der Waals surface area contributed by atoms with Gasteiger partial charge in [0.1, 0.15) is 0 Å². The molecule has 1 aliphatic rings. The van der Waals surface area contributed by atoms with Crippen LogP contribution in [0.2, 0.25) is 0 Å². The minimum absolute atomic E-state index is 0.611. The number of hydrogen-bond donors (Lipinski definition) is 2. The first-order valence-electron chi connectivity index (χ1n) is 5.61. The van der Waals surface area contributed by atoms with Gasteiger partial charge in [-0.1, -0.05) is 34.1 Å². The third kappa shape index (κ3) is 3.65. The van der Waals surface area contributed by atoms with E-state index < -0.39 is 0 Å². The van der Waals surface area contributed by atoms with E-state index in [0.29, 0.717) is 24.2 Å². The second-order valence-electron chi connectivity index (χ2n) is 4.79. The lowest BCUT2D eigenvalue weighted by molar-refractivity contribution is 0.365. The quantitative estimate of drug-likeness (QED) is 0.697. The summed E-state index contributed by atoms with van der Waals surface area (Å²) in [5.41, 5.74) is 0. The van der Waals surface area contributed by atoms with E-state index in [4.69, 9.17) is 0 Å². The number of hydrogen-bond acceptors (Lipinski definition) is 2. The average molecular weight is 184 g/mol. The molecule has 0 aliphatic heterocycles. The van der Waals surface area contributed by atoms with E-state index in [9.17, 15) is 0 Å². The molecule has 1 saturated carbocycles. The van der Waals surface area contributed by atoms with Gasteiger partial charge in [0, 0.05) is 24.2 Å². The van der Waals surface area contributed by atoms with Crippen LogP contribution in [0.1, 0.15) is 47.0 Å². The zero-order chi connectivity index (χ0) is 9.84. The molecule has 0 radical (unpaired) electrons. The summed E-state index contributed by atoms with van der Waals surface area (Å²) >= 11 is 0. The standard InChI is InChI=1S/C11H24N2/c1-8(2)12-10-6-5-7-11(10)13-9(3)4/h8-13H,5-7H2,1-4H3/t10-,11-/m0/s1. The van der Waals surface area contributed by atoms with Crippen molar-refractivity contribution in [2.45, 2.75) is 71.1 Å². The first-order chi connectivity index (χ1) is 6.09. The van der Waals surface area contributed by atoms with E-state index in [1.165, 1.54) is 19.3 Å². The van der Waals surface area contributed by atoms with Crippen molar-refractivity contribution < 1.29 is 0 Å². The van der Waals surface area contributed by atoms with Crippen LogP contribution in [0.5, 0.6) is 0 Å². The molecule has 0 saturated heterocycles. The Labute approximate surface area is 82.5 Å². The van der Waals surface area contributed by atoms with Gasteiger partial charge < -0.3 is 10.6 Å². The van der Waals surface area contributed by atoms with Crippen molar-refractivity contribution in [2.24, 2.45) is 0 Å². The number of rotatable bonds is 4. The summed E-state index contributed by atoms with van der Waals surface area (Å²) in [6.07, 6.45) is 4.04. The van der Waals surface area contributed by atoms with Gasteiger partial charge in [-0.2, -0.15) is 0 Å². The summed E-state index contributed by atoms with van der Waals surface area (Å²) in [7, 11) is 0. The molecule has 1 aliphatic carbocycles. The molecule has 2 nitrogen and oxygen atoms in total. The fraction of sp³-hybridized carbons (Fsp3) is 1.00. The van der Waals surface area contributed by atoms with E-state index in [2.05, 4.69) is 38.3 Å². The van der Waals surface area contributed by atoms with E-state index >= 15 is 0 Å². The summed E-state index contributed by atoms with van der Waals surface area (Å²) in [6, 6.07) is 2.61. The van der Waals surface area contributed by atoms with Crippen molar-refractivity contribution in [3.63, 3.8) is 0 Å². The van der Waals surface area contributed by atoms with Crippen molar-refractivity contribution in [3.8, 4) is 0 Å². The number of nitrogens with one attached hydrogen (secondary N) is 2. The average Bonchev–Trinajstić information content (AvgIpc) is 2.34. The Bertz CT molecular complexity index is 127. The van der Waals surface area contributed by atoms with Crippen molar-refractivity contribution in [1.82, 2.24) is 10.6 Å². The summed E-state index contributed by atoms with van der Waals surface area (Å²) < 4.78 is 0. The maximum absolute atomic E-state index is 3.63. The van der Waals surface area contributed by atoms with Gasteiger partial charge in [0.05, 0.1) is 0 Å². The van der Waals surface area contributed by atoms with Crippen LogP contribution in [0, 0.1) is 0 Å². The van der Waals surface area contributed by atoms with Crippen LogP contribution >= 0.6 is 0 Å². The lowest BCUT2D eigenvalue weighted by atomic mass is 10.1. The monoisotopic (exact) mass is 184 g/mol. The van der Waals surface area contributed by atoms with Crippen LogP contribution < -0.4 is 10.6 Å². The topological polar surface area (TPSA) is 24.1 Å². The van der Waals surface area contributed by atoms with E-state index in [1.807, 2.05) is 0 Å². The van der Waals surface area contributed by atoms with Gasteiger partial charge in [-0.15, -0.1) is 0 Å². The molecule has 1 rings (SSSR count). The Morgan fingerprint density at radius 2 is 1.23 bits per heavy atom. The van der Waals surface area contributed by atoms with E-state index in [1.54, 1.807) is 0 Å². The molecule has 0 heterocycles. The highest BCUT2D eigenvalue weighted by molar-refractivity contribution is 4.89. The lowest BCUT2D eigenvalue weighted by Gasteiger charge is -2.26. The summed E-state index contributed by atoms with van der Waals surface area (Å²) in [5, 5.41) is 7.27. The molecule has 0 aromatic rings. The van der Waals surface area contributed by atoms with Crippen LogP contribution in [0.25, 0.3) is 0 Å². The Kier molecular flexibility index (Phi) is 4.20. The maximum atomic E-state index is 3.63. The molecule has 2 N–H and O–H groups in total. The highest BCUT2D eigenvalue weighted by Gasteiger charge is 2.27. The summed E-state index contributed by atoms with van der Waals surface area (Å²) in [5.74, 6) is 0. The second kappa shape index (κ2) is 4.97. The minimum atomic E-state index is 0.611. The molecule has 0 aromatic carbocycles. The largest absolute Gasteiger partial charge is 0.310 e. The predicted molar refractivity (Wildman–Crippen MR) is 58.0 cm³/mol. The molecule has 0 bridgehead atoms. The summed E-state index contributed by atoms with van der Waals surface area (Å²) in [6.45, 7) is 8.91. The van der Waals surface area contributed by atoms with E-state index in [0.717, 1.165) is 0 Å². The van der Waals surface area contributed by atoms with Gasteiger partial charge >= 0.3 is 0 Å². The van der Waals surface area contributed by atoms with Gasteiger partial charge in [0.25, 0.3) is 0 Å². The van der Waals surface area contributed by atoms with Gasteiger partial charge in [0.2, 0.25) is 0 Å². The van der Waals surface area contributed by atoms with E-state index in [-0.39, 0.29) is 0 Å². The van der Waals surface area contributed by atoms with Gasteiger partial charge in [-0.25, -0.2) is 0 Å². The smallest absolute Gasteiger partial charge is 0.0223 e. The molecular formula is C11H24N2. The van der Waals surface area contributed by atoms with Crippen LogP contribution in [-0.2, 0) is 0 Å². The molecule has 2 atom stereocenters. The second-order valence-corrected chi connectivity index (χ2v) is 4.79. The maximum Gasteiger partial charge on any atom is 0.0223 e. The predicted octanol–water partition coefficient (Wildman–Crippen LogP) is 1.90. The first-order valence-corrected chi connectivity index (χ1v) is 5.61. The minimum Gasteiger partial charge on any atom is -0.310 e. The van der Waals surface area contributed by atoms with Gasteiger partial charge in [-0.3, -0.25) is 0 Å². The van der Waals surface area contributed by atoms with Crippen molar-refractivity contribution in [3.05, 3.63) is 0 Å². The third-order valence-electron chi connectivity index (χ3n) is 2.61. The Balaban J connectivity index is 2.35.